The van der Waals surface area contributed by atoms with Crippen LogP contribution in [0.5, 0.6) is 0 Å². The lowest BCUT2D eigenvalue weighted by molar-refractivity contribution is -0.312. The summed E-state index contributed by atoms with van der Waals surface area (Å²) in [5.41, 5.74) is -11.9. The number of alkyl halides is 12. The van der Waals surface area contributed by atoms with Crippen LogP contribution in [0.4, 0.5) is 52.7 Å². The molecule has 3 heterocycles. The van der Waals surface area contributed by atoms with E-state index in [-0.39, 0.29) is 5.56 Å². The van der Waals surface area contributed by atoms with Gasteiger partial charge in [0.2, 0.25) is 11.8 Å². The van der Waals surface area contributed by atoms with Gasteiger partial charge in [-0.1, -0.05) is 30.3 Å². The molecule has 254 valence electrons. The normalized spacial score (nSPS) is 16.4. The number of furan rings is 2. The van der Waals surface area contributed by atoms with Crippen molar-refractivity contribution in [1.82, 2.24) is 10.6 Å². The maximum absolute atomic E-state index is 14.9. The molecule has 0 saturated heterocycles. The lowest BCUT2D eigenvalue weighted by Gasteiger charge is -2.43. The molecule has 0 unspecified atom stereocenters. The van der Waals surface area contributed by atoms with Crippen molar-refractivity contribution in [3.63, 3.8) is 0 Å². The minimum absolute atomic E-state index is 0.00751. The Labute approximate surface area is 253 Å². The number of benzene rings is 1. The van der Waals surface area contributed by atoms with Crippen LogP contribution < -0.4 is 10.6 Å². The molecular formula is C26H16F12N4O5. The minimum atomic E-state index is -6.92. The maximum atomic E-state index is 14.9. The summed E-state index contributed by atoms with van der Waals surface area (Å²) in [5.74, 6) is -16.3. The molecule has 1 aliphatic rings. The molecule has 2 amide bonds. The fourth-order valence-electron chi connectivity index (χ4n) is 4.25. The molecule has 0 bridgehead atoms. The Morgan fingerprint density at radius 3 is 1.81 bits per heavy atom. The van der Waals surface area contributed by atoms with E-state index in [4.69, 9.17) is 0 Å². The van der Waals surface area contributed by atoms with E-state index in [9.17, 15) is 62.3 Å². The van der Waals surface area contributed by atoms with Crippen molar-refractivity contribution >= 4 is 23.6 Å². The third-order valence-electron chi connectivity index (χ3n) is 6.46. The molecule has 3 aromatic rings. The number of amides is 2. The summed E-state index contributed by atoms with van der Waals surface area (Å²) in [5, 5.41) is 2.12. The largest absolute Gasteiger partial charge is 0.459 e. The number of carbonyl (C=O) groups excluding carboxylic acids is 2. The van der Waals surface area contributed by atoms with Crippen molar-refractivity contribution in [2.24, 2.45) is 15.9 Å². The zero-order valence-corrected chi connectivity index (χ0v) is 22.6. The predicted molar refractivity (Wildman–Crippen MR) is 131 cm³/mol. The molecule has 0 radical (unpaired) electrons. The summed E-state index contributed by atoms with van der Waals surface area (Å²) in [6.07, 6.45) is -26.0. The standard InChI is InChI=1S/C26H16F12N4O5/c27-23(28,29)21(24(30,31)32,40-17(43)14-8-4-10-45-14)16(18(44)39-12-13-6-2-1-3-7-13)20-42-22(25(33,34)35,26(36,37)38)41-19(47-20)15-9-5-11-46-15/h1-11,16H,12H2,(H,39,44)(H,40,43)/t16-/m1/s1. The molecule has 21 heteroatoms. The van der Waals surface area contributed by atoms with Gasteiger partial charge in [0.25, 0.3) is 17.3 Å². The molecule has 9 nitrogen and oxygen atoms in total. The van der Waals surface area contributed by atoms with Gasteiger partial charge in [0.15, 0.2) is 17.4 Å². The van der Waals surface area contributed by atoms with E-state index < -0.39 is 83.5 Å². The summed E-state index contributed by atoms with van der Waals surface area (Å²) in [6.45, 7) is -0.913. The number of aliphatic imine (C=N–C) groups is 2. The van der Waals surface area contributed by atoms with Gasteiger partial charge in [-0.2, -0.15) is 57.7 Å². The average Bonchev–Trinajstić information content (AvgIpc) is 3.69. The van der Waals surface area contributed by atoms with Crippen molar-refractivity contribution in [1.29, 1.82) is 0 Å². The van der Waals surface area contributed by atoms with Gasteiger partial charge in [-0.05, 0) is 29.8 Å². The molecule has 0 saturated carbocycles. The molecule has 47 heavy (non-hydrogen) atoms. The van der Waals surface area contributed by atoms with Gasteiger partial charge >= 0.3 is 30.4 Å². The van der Waals surface area contributed by atoms with Crippen molar-refractivity contribution in [3.05, 3.63) is 84.2 Å². The third-order valence-corrected chi connectivity index (χ3v) is 6.46. The molecule has 2 N–H and O–H groups in total. The van der Waals surface area contributed by atoms with Crippen LogP contribution in [0.15, 0.2) is 85.9 Å². The highest BCUT2D eigenvalue weighted by Gasteiger charge is 2.80. The van der Waals surface area contributed by atoms with E-state index in [1.54, 1.807) is 5.32 Å². The van der Waals surface area contributed by atoms with Crippen LogP contribution in [0.2, 0.25) is 0 Å². The first-order valence-electron chi connectivity index (χ1n) is 12.5. The Bertz CT molecular complexity index is 1600. The van der Waals surface area contributed by atoms with Crippen LogP contribution in [0, 0.1) is 5.92 Å². The summed E-state index contributed by atoms with van der Waals surface area (Å²) in [7, 11) is 0. The molecule has 1 aliphatic heterocycles. The number of ether oxygens (including phenoxy) is 1. The molecule has 4 rings (SSSR count). The fraction of sp³-hybridized carbons (Fsp3) is 0.308. The van der Waals surface area contributed by atoms with Gasteiger partial charge in [0.1, 0.15) is 0 Å². The maximum Gasteiger partial charge on any atom is 0.443 e. The molecule has 0 aliphatic carbocycles. The first-order valence-corrected chi connectivity index (χ1v) is 12.5. The quantitative estimate of drug-likeness (QED) is 0.277. The van der Waals surface area contributed by atoms with E-state index in [2.05, 4.69) is 23.6 Å². The average molecular weight is 692 g/mol. The Kier molecular flexibility index (Phi) is 8.90. The third kappa shape index (κ3) is 6.37. The van der Waals surface area contributed by atoms with Gasteiger partial charge in [-0.25, -0.2) is 4.99 Å². The highest BCUT2D eigenvalue weighted by Crippen LogP contribution is 2.53. The molecule has 1 aromatic carbocycles. The molecule has 0 spiro atoms. The Morgan fingerprint density at radius 1 is 0.745 bits per heavy atom. The molecule has 0 fully saturated rings. The van der Waals surface area contributed by atoms with E-state index in [0.717, 1.165) is 12.1 Å². The van der Waals surface area contributed by atoms with E-state index >= 15 is 0 Å². The minimum Gasteiger partial charge on any atom is -0.459 e. The topological polar surface area (TPSA) is 118 Å². The Morgan fingerprint density at radius 2 is 1.32 bits per heavy atom. The van der Waals surface area contributed by atoms with Crippen molar-refractivity contribution in [2.75, 3.05) is 0 Å². The number of hydrogen-bond acceptors (Lipinski definition) is 7. The first kappa shape index (κ1) is 34.9. The SMILES string of the molecule is O=C(NC([C@H](C(=O)NCc1ccccc1)C1=NC(C(F)(F)F)(C(F)(F)F)N=C(c2ccco2)O1)(C(F)(F)F)C(F)(F)F)c1ccco1. The van der Waals surface area contributed by atoms with Gasteiger partial charge in [0, 0.05) is 6.54 Å². The number of nitrogens with zero attached hydrogens (tertiary/aromatic N) is 2. The van der Waals surface area contributed by atoms with Gasteiger partial charge < -0.3 is 24.2 Å². The highest BCUT2D eigenvalue weighted by atomic mass is 19.4. The summed E-state index contributed by atoms with van der Waals surface area (Å²) >= 11 is 0. The lowest BCUT2D eigenvalue weighted by atomic mass is 9.80. The van der Waals surface area contributed by atoms with Crippen molar-refractivity contribution in [3.8, 4) is 0 Å². The number of rotatable bonds is 8. The fourth-order valence-corrected chi connectivity index (χ4v) is 4.25. The van der Waals surface area contributed by atoms with Crippen LogP contribution in [0.3, 0.4) is 0 Å². The van der Waals surface area contributed by atoms with E-state index in [1.165, 1.54) is 30.3 Å². The van der Waals surface area contributed by atoms with Gasteiger partial charge in [-0.3, -0.25) is 9.59 Å². The molecule has 1 atom stereocenters. The van der Waals surface area contributed by atoms with Crippen LogP contribution in [0.25, 0.3) is 0 Å². The van der Waals surface area contributed by atoms with Crippen LogP contribution in [-0.4, -0.2) is 59.5 Å². The van der Waals surface area contributed by atoms with Crippen LogP contribution in [0.1, 0.15) is 21.9 Å². The monoisotopic (exact) mass is 692 g/mol. The van der Waals surface area contributed by atoms with Crippen molar-refractivity contribution < 1.29 is 75.8 Å². The molecule has 2 aromatic heterocycles. The molecular weight excluding hydrogens is 676 g/mol. The second-order valence-electron chi connectivity index (χ2n) is 9.49. The lowest BCUT2D eigenvalue weighted by Crippen LogP contribution is -2.75. The summed E-state index contributed by atoms with van der Waals surface area (Å²) in [6, 6.07) is 9.36. The van der Waals surface area contributed by atoms with Gasteiger partial charge in [-0.15, -0.1) is 0 Å². The van der Waals surface area contributed by atoms with Crippen LogP contribution in [-0.2, 0) is 16.1 Å². The van der Waals surface area contributed by atoms with Gasteiger partial charge in [0.05, 0.1) is 12.5 Å². The summed E-state index contributed by atoms with van der Waals surface area (Å²) in [4.78, 5) is 30.6. The second kappa shape index (κ2) is 12.0. The zero-order valence-electron chi connectivity index (χ0n) is 22.6. The Hall–Kier alpha value is -4.98. The number of nitrogens with one attached hydrogen (secondary N) is 2. The van der Waals surface area contributed by atoms with Crippen molar-refractivity contribution in [2.45, 2.75) is 42.5 Å². The Balaban J connectivity index is 2.06. The number of hydrogen-bond donors (Lipinski definition) is 2. The van der Waals surface area contributed by atoms with Crippen LogP contribution >= 0.6 is 0 Å². The second-order valence-corrected chi connectivity index (χ2v) is 9.49. The number of carbonyl (C=O) groups is 2. The highest BCUT2D eigenvalue weighted by molar-refractivity contribution is 6.10. The summed E-state index contributed by atoms with van der Waals surface area (Å²) < 4.78 is 188. The number of halogens is 12. The van der Waals surface area contributed by atoms with E-state index in [1.807, 2.05) is 0 Å². The zero-order chi connectivity index (χ0) is 35.1. The first-order chi connectivity index (χ1) is 21.6. The van der Waals surface area contributed by atoms with E-state index in [0.29, 0.717) is 30.0 Å². The smallest absolute Gasteiger partial charge is 0.443 e. The predicted octanol–water partition coefficient (Wildman–Crippen LogP) is 6.09.